The molecule has 2 unspecified atom stereocenters. The maximum Gasteiger partial charge on any atom is 0.228 e. The number of carbonyl (C=O) groups excluding carboxylic acids is 1. The fourth-order valence-corrected chi connectivity index (χ4v) is 5.48. The van der Waals surface area contributed by atoms with Gasteiger partial charge in [-0.3, -0.25) is 9.78 Å². The lowest BCUT2D eigenvalue weighted by Crippen LogP contribution is -2.52. The van der Waals surface area contributed by atoms with Gasteiger partial charge in [-0.05, 0) is 43.5 Å². The zero-order chi connectivity index (χ0) is 22.2. The Bertz CT molecular complexity index is 1080. The van der Waals surface area contributed by atoms with Gasteiger partial charge >= 0.3 is 0 Å². The Labute approximate surface area is 182 Å². The molecule has 0 spiro atoms. The van der Waals surface area contributed by atoms with Crippen LogP contribution in [0.25, 0.3) is 11.3 Å². The number of halogens is 1. The van der Waals surface area contributed by atoms with Gasteiger partial charge in [-0.25, -0.2) is 17.5 Å². The van der Waals surface area contributed by atoms with E-state index in [4.69, 9.17) is 0 Å². The van der Waals surface area contributed by atoms with Crippen molar-refractivity contribution < 1.29 is 17.6 Å². The largest absolute Gasteiger partial charge is 0.337 e. The lowest BCUT2D eigenvalue weighted by molar-refractivity contribution is -0.147. The second-order valence-electron chi connectivity index (χ2n) is 8.99. The summed E-state index contributed by atoms with van der Waals surface area (Å²) < 4.78 is 40.2. The molecule has 6 nitrogen and oxygen atoms in total. The van der Waals surface area contributed by atoms with E-state index in [1.807, 2.05) is 30.0 Å². The maximum absolute atomic E-state index is 13.6. The van der Waals surface area contributed by atoms with E-state index in [2.05, 4.69) is 9.71 Å². The summed E-state index contributed by atoms with van der Waals surface area (Å²) in [6, 6.07) is 11.1. The Morgan fingerprint density at radius 2 is 2.00 bits per heavy atom. The van der Waals surface area contributed by atoms with Crippen LogP contribution in [-0.4, -0.2) is 49.1 Å². The third kappa shape index (κ3) is 4.80. The monoisotopic (exact) mass is 445 g/mol. The summed E-state index contributed by atoms with van der Waals surface area (Å²) in [5.41, 5.74) is 1.71. The van der Waals surface area contributed by atoms with Crippen LogP contribution in [-0.2, 0) is 21.2 Å². The Kier molecular flexibility index (Phi) is 5.87. The van der Waals surface area contributed by atoms with Crippen molar-refractivity contribution in [2.45, 2.75) is 51.1 Å². The zero-order valence-electron chi connectivity index (χ0n) is 17.8. The quantitative estimate of drug-likeness (QED) is 0.741. The molecule has 2 heterocycles. The summed E-state index contributed by atoms with van der Waals surface area (Å²) in [5, 5.41) is 0. The standard InChI is InChI=1S/C23H28FN3O3S/c1-23(11-5-12-23)22(28)27-13-10-20(26-31(2,29)30)21(27)15-18-8-4-9-19(25-18)16-6-3-7-17(24)14-16/h3-4,6-9,14,20-21,26H,5,10-13,15H2,1-2H3. The normalized spacial score (nSPS) is 22.9. The zero-order valence-corrected chi connectivity index (χ0v) is 18.7. The highest BCUT2D eigenvalue weighted by atomic mass is 32.2. The summed E-state index contributed by atoms with van der Waals surface area (Å²) >= 11 is 0. The first kappa shape index (κ1) is 21.9. The number of amides is 1. The van der Waals surface area contributed by atoms with Crippen LogP contribution in [0.2, 0.25) is 0 Å². The van der Waals surface area contributed by atoms with Gasteiger partial charge in [0.1, 0.15) is 5.82 Å². The van der Waals surface area contributed by atoms with Gasteiger partial charge in [0.15, 0.2) is 0 Å². The van der Waals surface area contributed by atoms with Crippen molar-refractivity contribution in [3.8, 4) is 11.3 Å². The van der Waals surface area contributed by atoms with Crippen LogP contribution >= 0.6 is 0 Å². The molecule has 1 amide bonds. The van der Waals surface area contributed by atoms with Crippen molar-refractivity contribution in [3.63, 3.8) is 0 Å². The van der Waals surface area contributed by atoms with E-state index < -0.39 is 10.0 Å². The van der Waals surface area contributed by atoms with E-state index in [9.17, 15) is 17.6 Å². The minimum absolute atomic E-state index is 0.0998. The summed E-state index contributed by atoms with van der Waals surface area (Å²) in [7, 11) is -3.41. The average molecular weight is 446 g/mol. The molecule has 1 N–H and O–H groups in total. The molecule has 4 rings (SSSR count). The average Bonchev–Trinajstić information content (AvgIpc) is 3.06. The van der Waals surface area contributed by atoms with E-state index >= 15 is 0 Å². The first-order valence-corrected chi connectivity index (χ1v) is 12.5. The molecular formula is C23H28FN3O3S. The molecule has 31 heavy (non-hydrogen) atoms. The predicted molar refractivity (Wildman–Crippen MR) is 117 cm³/mol. The van der Waals surface area contributed by atoms with Gasteiger partial charge in [0.25, 0.3) is 0 Å². The van der Waals surface area contributed by atoms with Crippen LogP contribution in [0.3, 0.4) is 0 Å². The highest BCUT2D eigenvalue weighted by Crippen LogP contribution is 2.43. The molecule has 2 fully saturated rings. The SMILES string of the molecule is CC1(C(=O)N2CCC(NS(C)(=O)=O)C2Cc2cccc(-c3cccc(F)c3)n2)CCC1. The van der Waals surface area contributed by atoms with E-state index in [1.54, 1.807) is 12.1 Å². The highest BCUT2D eigenvalue weighted by Gasteiger charge is 2.47. The van der Waals surface area contributed by atoms with Crippen LogP contribution in [0.15, 0.2) is 42.5 Å². The summed E-state index contributed by atoms with van der Waals surface area (Å²) in [5.74, 6) is -0.230. The summed E-state index contributed by atoms with van der Waals surface area (Å²) in [6.45, 7) is 2.52. The van der Waals surface area contributed by atoms with Crippen molar-refractivity contribution >= 4 is 15.9 Å². The molecule has 0 bridgehead atoms. The molecule has 1 saturated heterocycles. The molecule has 1 aromatic heterocycles. The summed E-state index contributed by atoms with van der Waals surface area (Å²) in [6.07, 6.45) is 4.92. The minimum Gasteiger partial charge on any atom is -0.337 e. The van der Waals surface area contributed by atoms with Crippen molar-refractivity contribution in [1.82, 2.24) is 14.6 Å². The molecule has 1 saturated carbocycles. The van der Waals surface area contributed by atoms with Gasteiger partial charge in [-0.15, -0.1) is 0 Å². The number of hydrogen-bond acceptors (Lipinski definition) is 4. The molecule has 1 aliphatic heterocycles. The fraction of sp³-hybridized carbons (Fsp3) is 0.478. The molecular weight excluding hydrogens is 417 g/mol. The second kappa shape index (κ2) is 8.31. The lowest BCUT2D eigenvalue weighted by atomic mass is 9.69. The Morgan fingerprint density at radius 1 is 1.26 bits per heavy atom. The Hall–Kier alpha value is -2.32. The van der Waals surface area contributed by atoms with E-state index in [0.29, 0.717) is 30.6 Å². The van der Waals surface area contributed by atoms with Gasteiger partial charge in [-0.1, -0.05) is 31.5 Å². The number of aromatic nitrogens is 1. The first-order chi connectivity index (χ1) is 14.6. The molecule has 0 radical (unpaired) electrons. The molecule has 1 aromatic carbocycles. The maximum atomic E-state index is 13.6. The smallest absolute Gasteiger partial charge is 0.228 e. The van der Waals surface area contributed by atoms with Gasteiger partial charge in [0.05, 0.1) is 18.0 Å². The predicted octanol–water partition coefficient (Wildman–Crippen LogP) is 3.14. The molecule has 2 aliphatic rings. The van der Waals surface area contributed by atoms with E-state index in [1.165, 1.54) is 12.1 Å². The third-order valence-electron chi connectivity index (χ3n) is 6.49. The number of hydrogen-bond donors (Lipinski definition) is 1. The molecule has 1 aliphatic carbocycles. The molecule has 2 aromatic rings. The highest BCUT2D eigenvalue weighted by molar-refractivity contribution is 7.88. The van der Waals surface area contributed by atoms with E-state index in [-0.39, 0.29) is 29.2 Å². The number of nitrogens with zero attached hydrogens (tertiary/aromatic N) is 2. The number of sulfonamides is 1. The van der Waals surface area contributed by atoms with Crippen molar-refractivity contribution in [2.24, 2.45) is 5.41 Å². The van der Waals surface area contributed by atoms with Gasteiger partial charge in [0.2, 0.25) is 15.9 Å². The van der Waals surface area contributed by atoms with Crippen LogP contribution < -0.4 is 4.72 Å². The van der Waals surface area contributed by atoms with Gasteiger partial charge < -0.3 is 4.90 Å². The molecule has 2 atom stereocenters. The van der Waals surface area contributed by atoms with Gasteiger partial charge in [-0.2, -0.15) is 0 Å². The fourth-order valence-electron chi connectivity index (χ4n) is 4.65. The van der Waals surface area contributed by atoms with Crippen molar-refractivity contribution in [2.75, 3.05) is 12.8 Å². The van der Waals surface area contributed by atoms with Gasteiger partial charge in [0, 0.05) is 35.7 Å². The second-order valence-corrected chi connectivity index (χ2v) is 10.8. The number of pyridine rings is 1. The minimum atomic E-state index is -3.41. The number of benzene rings is 1. The van der Waals surface area contributed by atoms with Crippen molar-refractivity contribution in [1.29, 1.82) is 0 Å². The molecule has 8 heteroatoms. The number of rotatable bonds is 6. The topological polar surface area (TPSA) is 79.4 Å². The number of nitrogens with one attached hydrogen (secondary N) is 1. The number of carbonyl (C=O) groups is 1. The first-order valence-electron chi connectivity index (χ1n) is 10.6. The lowest BCUT2D eigenvalue weighted by Gasteiger charge is -2.42. The third-order valence-corrected chi connectivity index (χ3v) is 7.22. The Morgan fingerprint density at radius 3 is 2.65 bits per heavy atom. The van der Waals surface area contributed by atoms with Crippen LogP contribution in [0, 0.1) is 11.2 Å². The number of likely N-dealkylation sites (tertiary alicyclic amines) is 1. The van der Waals surface area contributed by atoms with Crippen molar-refractivity contribution in [3.05, 3.63) is 54.0 Å². The Balaban J connectivity index is 1.61. The summed E-state index contributed by atoms with van der Waals surface area (Å²) in [4.78, 5) is 19.8. The van der Waals surface area contributed by atoms with Crippen LogP contribution in [0.4, 0.5) is 4.39 Å². The van der Waals surface area contributed by atoms with E-state index in [0.717, 1.165) is 31.2 Å². The van der Waals surface area contributed by atoms with Crippen LogP contribution in [0.5, 0.6) is 0 Å². The van der Waals surface area contributed by atoms with Crippen LogP contribution in [0.1, 0.15) is 38.3 Å². The molecule has 166 valence electrons.